The van der Waals surface area contributed by atoms with Crippen molar-refractivity contribution in [3.05, 3.63) is 28.2 Å². The predicted molar refractivity (Wildman–Crippen MR) is 81.8 cm³/mol. The first-order chi connectivity index (χ1) is 9.61. The molecule has 2 rings (SSSR count). The minimum absolute atomic E-state index is 0.266. The van der Waals surface area contributed by atoms with Gasteiger partial charge >= 0.3 is 0 Å². The number of nitrogens with one attached hydrogen (secondary N) is 1. The molecule has 0 fully saturated rings. The van der Waals surface area contributed by atoms with Crippen LogP contribution < -0.4 is 5.32 Å². The molecule has 2 aromatic heterocycles. The van der Waals surface area contributed by atoms with E-state index in [1.807, 2.05) is 10.2 Å². The van der Waals surface area contributed by atoms with E-state index >= 15 is 0 Å². The molecule has 0 aromatic carbocycles. The predicted octanol–water partition coefficient (Wildman–Crippen LogP) is 2.59. The summed E-state index contributed by atoms with van der Waals surface area (Å²) in [6.45, 7) is 10.4. The number of aryl methyl sites for hydroxylation is 1. The van der Waals surface area contributed by atoms with Crippen LogP contribution in [0.25, 0.3) is 0 Å². The Balaban J connectivity index is 2.17. The first-order valence-electron chi connectivity index (χ1n) is 7.11. The van der Waals surface area contributed by atoms with Gasteiger partial charge in [-0.15, -0.1) is 11.3 Å². The molecule has 1 N–H and O–H groups in total. The van der Waals surface area contributed by atoms with Gasteiger partial charge in [-0.2, -0.15) is 5.10 Å². The number of hydrogen-bond donors (Lipinski definition) is 1. The second-order valence-electron chi connectivity index (χ2n) is 5.37. The molecule has 0 aliphatic heterocycles. The third-order valence-corrected chi connectivity index (χ3v) is 4.21. The van der Waals surface area contributed by atoms with Gasteiger partial charge in [0.25, 0.3) is 0 Å². The van der Waals surface area contributed by atoms with Crippen LogP contribution in [0.1, 0.15) is 43.2 Å². The van der Waals surface area contributed by atoms with E-state index in [0.29, 0.717) is 5.92 Å². The molecule has 0 amide bonds. The first-order valence-corrected chi connectivity index (χ1v) is 7.99. The van der Waals surface area contributed by atoms with Crippen LogP contribution in [0, 0.1) is 12.8 Å². The maximum Gasteiger partial charge on any atom is 0.138 e. The summed E-state index contributed by atoms with van der Waals surface area (Å²) in [5.41, 5.74) is 3.02. The first kappa shape index (κ1) is 15.1. The van der Waals surface area contributed by atoms with E-state index in [9.17, 15) is 0 Å². The molecule has 0 saturated carbocycles. The Hall–Kier alpha value is -1.27. The maximum atomic E-state index is 4.43. The Morgan fingerprint density at radius 3 is 2.75 bits per heavy atom. The van der Waals surface area contributed by atoms with Crippen LogP contribution in [-0.2, 0) is 13.0 Å². The summed E-state index contributed by atoms with van der Waals surface area (Å²) in [7, 11) is 0. The fraction of sp³-hybridized carbons (Fsp3) is 0.643. The van der Waals surface area contributed by atoms with Gasteiger partial charge in [-0.05, 0) is 19.4 Å². The zero-order valence-electron chi connectivity index (χ0n) is 12.6. The number of nitrogens with zero attached hydrogens (tertiary/aromatic N) is 4. The summed E-state index contributed by atoms with van der Waals surface area (Å²) in [5, 5.41) is 7.87. The summed E-state index contributed by atoms with van der Waals surface area (Å²) >= 11 is 1.71. The molecule has 110 valence electrons. The molecule has 0 radical (unpaired) electrons. The molecule has 0 aliphatic rings. The molecule has 0 aliphatic carbocycles. The van der Waals surface area contributed by atoms with E-state index < -0.39 is 0 Å². The fourth-order valence-corrected chi connectivity index (χ4v) is 3.16. The highest BCUT2D eigenvalue weighted by atomic mass is 32.1. The molecule has 0 saturated heterocycles. The number of rotatable bonds is 7. The van der Waals surface area contributed by atoms with Crippen LogP contribution in [0.15, 0.2) is 11.8 Å². The van der Waals surface area contributed by atoms with Gasteiger partial charge < -0.3 is 5.32 Å². The van der Waals surface area contributed by atoms with Crippen molar-refractivity contribution in [3.8, 4) is 0 Å². The average molecular weight is 293 g/mol. The number of thiazole rings is 1. The van der Waals surface area contributed by atoms with Crippen LogP contribution in [0.4, 0.5) is 0 Å². The third-order valence-electron chi connectivity index (χ3n) is 3.17. The van der Waals surface area contributed by atoms with Crippen molar-refractivity contribution in [2.75, 3.05) is 6.54 Å². The second kappa shape index (κ2) is 6.95. The third kappa shape index (κ3) is 3.64. The van der Waals surface area contributed by atoms with Gasteiger partial charge in [0.2, 0.25) is 0 Å². The lowest BCUT2D eigenvalue weighted by Crippen LogP contribution is -2.25. The standard InChI is InChI=1S/C14H23N5S/c1-5-15-12(14-11(4)17-9-20-14)6-13-16-8-18-19(13)7-10(2)3/h8-10,12,15H,5-7H2,1-4H3. The second-order valence-corrected chi connectivity index (χ2v) is 6.25. The Labute approximate surface area is 124 Å². The van der Waals surface area contributed by atoms with Crippen molar-refractivity contribution >= 4 is 11.3 Å². The molecule has 5 nitrogen and oxygen atoms in total. The van der Waals surface area contributed by atoms with Crippen molar-refractivity contribution in [2.45, 2.75) is 46.7 Å². The lowest BCUT2D eigenvalue weighted by Gasteiger charge is -2.17. The number of likely N-dealkylation sites (N-methyl/N-ethyl adjacent to an activating group) is 1. The molecule has 20 heavy (non-hydrogen) atoms. The minimum Gasteiger partial charge on any atom is -0.309 e. The van der Waals surface area contributed by atoms with Crippen LogP contribution in [0.2, 0.25) is 0 Å². The van der Waals surface area contributed by atoms with Gasteiger partial charge in [-0.1, -0.05) is 20.8 Å². The van der Waals surface area contributed by atoms with Crippen molar-refractivity contribution < 1.29 is 0 Å². The van der Waals surface area contributed by atoms with Crippen molar-refractivity contribution in [1.29, 1.82) is 0 Å². The highest BCUT2D eigenvalue weighted by molar-refractivity contribution is 7.09. The van der Waals surface area contributed by atoms with Gasteiger partial charge in [-0.3, -0.25) is 0 Å². The number of hydrogen-bond acceptors (Lipinski definition) is 5. The Morgan fingerprint density at radius 1 is 1.35 bits per heavy atom. The summed E-state index contributed by atoms with van der Waals surface area (Å²) in [6, 6.07) is 0.266. The summed E-state index contributed by atoms with van der Waals surface area (Å²) in [5.74, 6) is 1.61. The lowest BCUT2D eigenvalue weighted by atomic mass is 10.1. The van der Waals surface area contributed by atoms with Crippen molar-refractivity contribution in [1.82, 2.24) is 25.1 Å². The van der Waals surface area contributed by atoms with E-state index in [0.717, 1.165) is 31.0 Å². The minimum atomic E-state index is 0.266. The van der Waals surface area contributed by atoms with E-state index in [-0.39, 0.29) is 6.04 Å². The lowest BCUT2D eigenvalue weighted by molar-refractivity contribution is 0.447. The Bertz CT molecular complexity index is 531. The van der Waals surface area contributed by atoms with Crippen molar-refractivity contribution in [3.63, 3.8) is 0 Å². The SMILES string of the molecule is CCNC(Cc1ncnn1CC(C)C)c1scnc1C. The van der Waals surface area contributed by atoms with Crippen LogP contribution in [-0.4, -0.2) is 26.3 Å². The molecular formula is C14H23N5S. The highest BCUT2D eigenvalue weighted by Crippen LogP contribution is 2.24. The molecule has 2 heterocycles. The molecule has 0 spiro atoms. The molecule has 0 bridgehead atoms. The normalized spacial score (nSPS) is 13.1. The van der Waals surface area contributed by atoms with Gasteiger partial charge in [-0.25, -0.2) is 14.6 Å². The van der Waals surface area contributed by atoms with E-state index in [1.165, 1.54) is 4.88 Å². The fourth-order valence-electron chi connectivity index (χ4n) is 2.28. The van der Waals surface area contributed by atoms with Gasteiger partial charge in [0.05, 0.1) is 17.2 Å². The largest absolute Gasteiger partial charge is 0.309 e. The van der Waals surface area contributed by atoms with Gasteiger partial charge in [0, 0.05) is 17.8 Å². The van der Waals surface area contributed by atoms with Crippen molar-refractivity contribution in [2.24, 2.45) is 5.92 Å². The molecule has 2 aromatic rings. The van der Waals surface area contributed by atoms with E-state index in [1.54, 1.807) is 17.7 Å². The van der Waals surface area contributed by atoms with Gasteiger partial charge in [0.15, 0.2) is 0 Å². The summed E-state index contributed by atoms with van der Waals surface area (Å²) in [6.07, 6.45) is 2.50. The topological polar surface area (TPSA) is 55.6 Å². The molecular weight excluding hydrogens is 270 g/mol. The van der Waals surface area contributed by atoms with Crippen LogP contribution >= 0.6 is 11.3 Å². The Morgan fingerprint density at radius 2 is 2.15 bits per heavy atom. The maximum absolute atomic E-state index is 4.43. The quantitative estimate of drug-likeness (QED) is 0.852. The smallest absolute Gasteiger partial charge is 0.138 e. The Kier molecular flexibility index (Phi) is 5.25. The van der Waals surface area contributed by atoms with E-state index in [2.05, 4.69) is 48.1 Å². The highest BCUT2D eigenvalue weighted by Gasteiger charge is 2.19. The summed E-state index contributed by atoms with van der Waals surface area (Å²) < 4.78 is 2.02. The molecule has 6 heteroatoms. The summed E-state index contributed by atoms with van der Waals surface area (Å²) in [4.78, 5) is 10.1. The van der Waals surface area contributed by atoms with Gasteiger partial charge in [0.1, 0.15) is 12.2 Å². The van der Waals surface area contributed by atoms with E-state index in [4.69, 9.17) is 0 Å². The molecule has 1 unspecified atom stereocenters. The average Bonchev–Trinajstić information content (AvgIpc) is 2.98. The van der Waals surface area contributed by atoms with Crippen LogP contribution in [0.3, 0.4) is 0 Å². The van der Waals surface area contributed by atoms with Crippen LogP contribution in [0.5, 0.6) is 0 Å². The zero-order valence-corrected chi connectivity index (χ0v) is 13.4. The molecule has 1 atom stereocenters. The zero-order chi connectivity index (χ0) is 14.5. The monoisotopic (exact) mass is 293 g/mol. The number of aromatic nitrogens is 4.